The van der Waals surface area contributed by atoms with Crippen LogP contribution in [0.15, 0.2) is 42.7 Å². The largest absolute Gasteiger partial charge is 0.383 e. The van der Waals surface area contributed by atoms with Crippen molar-refractivity contribution in [2.24, 2.45) is 5.41 Å². The van der Waals surface area contributed by atoms with Crippen molar-refractivity contribution in [3.8, 4) is 6.07 Å². The van der Waals surface area contributed by atoms with Crippen LogP contribution in [-0.2, 0) is 5.54 Å². The van der Waals surface area contributed by atoms with E-state index < -0.39 is 18.0 Å². The van der Waals surface area contributed by atoms with Gasteiger partial charge >= 0.3 is 0 Å². The highest BCUT2D eigenvalue weighted by Crippen LogP contribution is 2.48. The molecule has 0 spiro atoms. The molecule has 13 heteroatoms. The predicted octanol–water partition coefficient (Wildman–Crippen LogP) is 6.05. The predicted molar refractivity (Wildman–Crippen MR) is 160 cm³/mol. The molecule has 1 aliphatic carbocycles. The maximum atomic E-state index is 13.9. The Morgan fingerprint density at radius 1 is 1.24 bits per heavy atom. The summed E-state index contributed by atoms with van der Waals surface area (Å²) >= 11 is 6.76. The van der Waals surface area contributed by atoms with Gasteiger partial charge in [0.25, 0.3) is 6.43 Å². The molecular formula is C29H31ClF2N10. The van der Waals surface area contributed by atoms with Crippen LogP contribution in [0.3, 0.4) is 0 Å². The maximum absolute atomic E-state index is 13.9. The molecule has 218 valence electrons. The molecule has 0 radical (unpaired) electrons. The number of benzene rings is 2. The number of nitrogens with zero attached hydrogens (tertiary/aromatic N) is 6. The molecule has 0 bridgehead atoms. The summed E-state index contributed by atoms with van der Waals surface area (Å²) in [6, 6.07) is 11.1. The van der Waals surface area contributed by atoms with Gasteiger partial charge in [-0.05, 0) is 36.5 Å². The van der Waals surface area contributed by atoms with Crippen molar-refractivity contribution in [3.63, 3.8) is 0 Å². The molecule has 0 amide bonds. The van der Waals surface area contributed by atoms with Gasteiger partial charge in [0.15, 0.2) is 0 Å². The van der Waals surface area contributed by atoms with E-state index in [1.165, 1.54) is 10.9 Å². The zero-order valence-corrected chi connectivity index (χ0v) is 24.4. The normalized spacial score (nSPS) is 16.2. The summed E-state index contributed by atoms with van der Waals surface area (Å²) in [5.74, 6) is 0. The van der Waals surface area contributed by atoms with Crippen molar-refractivity contribution in [1.29, 1.82) is 5.26 Å². The highest BCUT2D eigenvalue weighted by molar-refractivity contribution is 6.35. The minimum absolute atomic E-state index is 0.0438. The first-order chi connectivity index (χ1) is 20.0. The summed E-state index contributed by atoms with van der Waals surface area (Å²) in [5, 5.41) is 28.3. The van der Waals surface area contributed by atoms with Gasteiger partial charge in [-0.15, -0.1) is 10.6 Å². The van der Waals surface area contributed by atoms with Gasteiger partial charge < -0.3 is 16.1 Å². The number of halogens is 3. The fourth-order valence-electron chi connectivity index (χ4n) is 5.22. The number of rotatable bonds is 8. The number of aromatic nitrogens is 4. The molecule has 6 rings (SSSR count). The second-order valence-electron chi connectivity index (χ2n) is 12.0. The summed E-state index contributed by atoms with van der Waals surface area (Å²) in [7, 11) is 1.88. The monoisotopic (exact) mass is 592 g/mol. The third-order valence-electron chi connectivity index (χ3n) is 7.66. The highest BCUT2D eigenvalue weighted by Gasteiger charge is 2.54. The van der Waals surface area contributed by atoms with Gasteiger partial charge in [-0.1, -0.05) is 49.7 Å². The smallest absolute Gasteiger partial charge is 0.263 e. The van der Waals surface area contributed by atoms with E-state index in [1.54, 1.807) is 12.3 Å². The topological polar surface area (TPSA) is 119 Å². The van der Waals surface area contributed by atoms with E-state index in [2.05, 4.69) is 63.7 Å². The first kappa shape index (κ1) is 27.9. The maximum Gasteiger partial charge on any atom is 0.263 e. The zero-order chi connectivity index (χ0) is 29.8. The lowest BCUT2D eigenvalue weighted by Gasteiger charge is -2.24. The van der Waals surface area contributed by atoms with Crippen molar-refractivity contribution >= 4 is 45.3 Å². The molecule has 1 aliphatic heterocycles. The Labute approximate surface area is 247 Å². The van der Waals surface area contributed by atoms with Crippen LogP contribution >= 0.6 is 11.6 Å². The van der Waals surface area contributed by atoms with Crippen LogP contribution in [-0.4, -0.2) is 40.0 Å². The number of nitrogens with one attached hydrogen (secondary N) is 4. The van der Waals surface area contributed by atoms with E-state index >= 15 is 0 Å². The Hall–Kier alpha value is -4.21. The number of anilines is 4. The van der Waals surface area contributed by atoms with Crippen LogP contribution in [0, 0.1) is 16.7 Å². The highest BCUT2D eigenvalue weighted by atomic mass is 35.5. The fraction of sp³-hybridized carbons (Fsp3) is 0.379. The number of hydrogen-bond acceptors (Lipinski definition) is 9. The molecule has 3 heterocycles. The number of alkyl halides is 2. The summed E-state index contributed by atoms with van der Waals surface area (Å²) in [6.45, 7) is 6.93. The molecule has 2 aliphatic rings. The first-order valence-electron chi connectivity index (χ1n) is 13.6. The summed E-state index contributed by atoms with van der Waals surface area (Å²) in [6.07, 6.45) is 1.27. The van der Waals surface area contributed by atoms with Gasteiger partial charge in [-0.2, -0.15) is 5.26 Å². The molecule has 42 heavy (non-hydrogen) atoms. The van der Waals surface area contributed by atoms with Crippen LogP contribution in [0.4, 0.5) is 31.5 Å². The van der Waals surface area contributed by atoms with E-state index in [0.29, 0.717) is 57.9 Å². The summed E-state index contributed by atoms with van der Waals surface area (Å²) < 4.78 is 29.1. The van der Waals surface area contributed by atoms with E-state index in [1.807, 2.05) is 36.3 Å². The summed E-state index contributed by atoms with van der Waals surface area (Å²) in [5.41, 5.74) is 10.1. The van der Waals surface area contributed by atoms with E-state index in [9.17, 15) is 14.0 Å². The molecule has 4 N–H and O–H groups in total. The van der Waals surface area contributed by atoms with Gasteiger partial charge in [0.2, 0.25) is 0 Å². The number of nitriles is 1. The van der Waals surface area contributed by atoms with Gasteiger partial charge in [-0.3, -0.25) is 9.99 Å². The molecule has 10 nitrogen and oxygen atoms in total. The number of fused-ring (bicyclic) bond motifs is 2. The van der Waals surface area contributed by atoms with Crippen molar-refractivity contribution in [2.45, 2.75) is 51.6 Å². The molecule has 1 atom stereocenters. The quantitative estimate of drug-likeness (QED) is 0.194. The molecule has 1 saturated carbocycles. The minimum atomic E-state index is -2.54. The lowest BCUT2D eigenvalue weighted by Crippen LogP contribution is -2.32. The van der Waals surface area contributed by atoms with Crippen molar-refractivity contribution in [2.75, 3.05) is 34.7 Å². The molecule has 1 fully saturated rings. The Bertz CT molecular complexity index is 1700. The van der Waals surface area contributed by atoms with E-state index in [0.717, 1.165) is 16.9 Å². The lowest BCUT2D eigenvalue weighted by molar-refractivity contribution is 0.0593. The lowest BCUT2D eigenvalue weighted by atomic mass is 9.96. The Kier molecular flexibility index (Phi) is 6.82. The Morgan fingerprint density at radius 3 is 2.71 bits per heavy atom. The van der Waals surface area contributed by atoms with Gasteiger partial charge in [0, 0.05) is 36.4 Å². The molecule has 0 unspecified atom stereocenters. The number of pyridine rings is 1. The number of para-hydroxylation sites is 1. The Balaban J connectivity index is 1.47. The first-order valence-corrected chi connectivity index (χ1v) is 14.0. The SMILES string of the molecule is CN1NNc2cccc([C@H](Nc3cc(Cl)c4ncc(C#N)c(NCC(C)(C)C)c4c3)c3cn(C4(C(F)F)CC4)nn3)c21. The van der Waals surface area contributed by atoms with Crippen LogP contribution in [0.1, 0.15) is 56.5 Å². The third-order valence-corrected chi connectivity index (χ3v) is 7.94. The van der Waals surface area contributed by atoms with Gasteiger partial charge in [0.05, 0.1) is 45.4 Å². The molecular weight excluding hydrogens is 562 g/mol. The second kappa shape index (κ2) is 10.3. The third kappa shape index (κ3) is 4.92. The molecule has 4 aromatic rings. The summed E-state index contributed by atoms with van der Waals surface area (Å²) in [4.78, 5) is 4.46. The average molecular weight is 593 g/mol. The minimum Gasteiger partial charge on any atom is -0.383 e. The second-order valence-corrected chi connectivity index (χ2v) is 12.4. The molecule has 2 aromatic heterocycles. The zero-order valence-electron chi connectivity index (χ0n) is 23.6. The van der Waals surface area contributed by atoms with E-state index in [4.69, 9.17) is 11.6 Å². The van der Waals surface area contributed by atoms with Crippen LogP contribution in [0.25, 0.3) is 10.9 Å². The number of hydrogen-bond donors (Lipinski definition) is 4. The standard InChI is InChI=1S/C29H31ClF2N10/c1-28(2,3)15-35-23-16(12-33)13-34-24-19(23)10-17(11-20(24)30)36-25(18-6-5-7-21-26(18)41(4)39-37-21)22-14-42(40-38-22)29(8-9-29)27(31)32/h5-7,10-11,13-14,25,27,36-37,39H,8-9,15H2,1-4H3,(H,34,35)/t25-/m0/s1. The average Bonchev–Trinajstić information content (AvgIpc) is 3.47. The molecule has 0 saturated heterocycles. The van der Waals surface area contributed by atoms with Gasteiger partial charge in [-0.25, -0.2) is 13.5 Å². The fourth-order valence-corrected chi connectivity index (χ4v) is 5.49. The number of hydrazine groups is 2. The van der Waals surface area contributed by atoms with E-state index in [-0.39, 0.29) is 5.41 Å². The Morgan fingerprint density at radius 2 is 2.02 bits per heavy atom. The van der Waals surface area contributed by atoms with Crippen LogP contribution in [0.5, 0.6) is 0 Å². The molecule has 2 aromatic carbocycles. The van der Waals surface area contributed by atoms with Crippen LogP contribution < -0.4 is 26.6 Å². The van der Waals surface area contributed by atoms with Gasteiger partial charge in [0.1, 0.15) is 17.3 Å². The van der Waals surface area contributed by atoms with Crippen LogP contribution in [0.2, 0.25) is 5.02 Å². The van der Waals surface area contributed by atoms with Crippen molar-refractivity contribution < 1.29 is 8.78 Å². The van der Waals surface area contributed by atoms with Crippen molar-refractivity contribution in [1.82, 2.24) is 25.5 Å². The van der Waals surface area contributed by atoms with Crippen molar-refractivity contribution in [3.05, 3.63) is 64.6 Å².